The van der Waals surface area contributed by atoms with E-state index in [0.717, 1.165) is 30.8 Å². The lowest BCUT2D eigenvalue weighted by Crippen LogP contribution is -2.27. The Morgan fingerprint density at radius 1 is 1.56 bits per heavy atom. The van der Waals surface area contributed by atoms with Crippen LogP contribution in [0.5, 0.6) is 0 Å². The molecule has 1 N–H and O–H groups in total. The van der Waals surface area contributed by atoms with Crippen molar-refractivity contribution in [1.29, 1.82) is 0 Å². The Morgan fingerprint density at radius 2 is 2.39 bits per heavy atom. The van der Waals surface area contributed by atoms with E-state index < -0.39 is 0 Å². The first-order valence-electron chi connectivity index (χ1n) is 6.05. The number of nitrogens with one attached hydrogen (secondary N) is 1. The predicted octanol–water partition coefficient (Wildman–Crippen LogP) is 2.93. The number of hydrogen-bond acceptors (Lipinski definition) is 3. The number of carbonyl (C=O) groups excluding carboxylic acids is 1. The lowest BCUT2D eigenvalue weighted by atomic mass is 10.1. The summed E-state index contributed by atoms with van der Waals surface area (Å²) in [4.78, 5) is 12.6. The molecule has 0 bridgehead atoms. The van der Waals surface area contributed by atoms with E-state index in [1.807, 2.05) is 0 Å². The van der Waals surface area contributed by atoms with E-state index in [2.05, 4.69) is 17.9 Å². The third-order valence-electron chi connectivity index (χ3n) is 2.97. The average Bonchev–Trinajstić information content (AvgIpc) is 2.85. The normalized spacial score (nSPS) is 18.9. The van der Waals surface area contributed by atoms with Gasteiger partial charge in [0.05, 0.1) is 16.7 Å². The zero-order valence-corrected chi connectivity index (χ0v) is 11.6. The van der Waals surface area contributed by atoms with Gasteiger partial charge >= 0.3 is 0 Å². The molecule has 1 aliphatic heterocycles. The van der Waals surface area contributed by atoms with Crippen molar-refractivity contribution in [3.63, 3.8) is 0 Å². The largest absolute Gasteiger partial charge is 0.378 e. The van der Waals surface area contributed by atoms with Crippen LogP contribution in [0.25, 0.3) is 0 Å². The van der Waals surface area contributed by atoms with E-state index >= 15 is 0 Å². The summed E-state index contributed by atoms with van der Waals surface area (Å²) in [5.41, 5.74) is 0.469. The highest BCUT2D eigenvalue weighted by Crippen LogP contribution is 2.19. The van der Waals surface area contributed by atoms with Gasteiger partial charge in [-0.15, -0.1) is 12.6 Å². The van der Waals surface area contributed by atoms with Gasteiger partial charge in [0.25, 0.3) is 5.91 Å². The molecule has 1 aromatic carbocycles. The van der Waals surface area contributed by atoms with Crippen molar-refractivity contribution >= 4 is 30.1 Å². The number of hydrogen-bond donors (Lipinski definition) is 2. The maximum absolute atomic E-state index is 11.9. The molecule has 0 spiro atoms. The van der Waals surface area contributed by atoms with Crippen molar-refractivity contribution in [2.24, 2.45) is 0 Å². The summed E-state index contributed by atoms with van der Waals surface area (Å²) in [7, 11) is 0. The molecule has 0 aliphatic carbocycles. The average molecular weight is 286 g/mol. The molecular formula is C13H16ClNO2S. The minimum absolute atomic E-state index is 0.158. The Kier molecular flexibility index (Phi) is 4.92. The van der Waals surface area contributed by atoms with Crippen LogP contribution in [0.1, 0.15) is 29.6 Å². The zero-order chi connectivity index (χ0) is 13.0. The summed E-state index contributed by atoms with van der Waals surface area (Å²) in [6.07, 6.45) is 3.34. The molecule has 1 aromatic rings. The molecule has 0 saturated carbocycles. The number of amides is 1. The second-order valence-corrected chi connectivity index (χ2v) is 5.27. The van der Waals surface area contributed by atoms with Crippen LogP contribution in [-0.4, -0.2) is 25.2 Å². The van der Waals surface area contributed by atoms with E-state index in [0.29, 0.717) is 17.1 Å². The maximum atomic E-state index is 11.9. The molecule has 18 heavy (non-hydrogen) atoms. The van der Waals surface area contributed by atoms with Crippen molar-refractivity contribution in [2.75, 3.05) is 13.2 Å². The van der Waals surface area contributed by atoms with Crippen molar-refractivity contribution in [3.8, 4) is 0 Å². The third-order valence-corrected chi connectivity index (χ3v) is 3.58. The molecule has 1 saturated heterocycles. The standard InChI is InChI=1S/C13H16ClNO2S/c14-12-4-3-10(18)8-11(12)13(16)15-6-5-9-2-1-7-17-9/h3-4,8-9,18H,1-2,5-7H2,(H,15,16). The van der Waals surface area contributed by atoms with E-state index in [1.165, 1.54) is 0 Å². The van der Waals surface area contributed by atoms with Gasteiger partial charge in [-0.1, -0.05) is 11.6 Å². The number of rotatable bonds is 4. The summed E-state index contributed by atoms with van der Waals surface area (Å²) in [5, 5.41) is 3.30. The quantitative estimate of drug-likeness (QED) is 0.835. The molecule has 2 rings (SSSR count). The molecule has 5 heteroatoms. The third kappa shape index (κ3) is 3.64. The smallest absolute Gasteiger partial charge is 0.252 e. The molecule has 1 amide bonds. The highest BCUT2D eigenvalue weighted by atomic mass is 35.5. The van der Waals surface area contributed by atoms with Gasteiger partial charge < -0.3 is 10.1 Å². The van der Waals surface area contributed by atoms with Gasteiger partial charge in [-0.25, -0.2) is 0 Å². The number of carbonyl (C=O) groups is 1. The monoisotopic (exact) mass is 285 g/mol. The SMILES string of the molecule is O=C(NCCC1CCCO1)c1cc(S)ccc1Cl. The highest BCUT2D eigenvalue weighted by molar-refractivity contribution is 7.80. The van der Waals surface area contributed by atoms with Crippen LogP contribution >= 0.6 is 24.2 Å². The number of thiol groups is 1. The number of halogens is 1. The summed E-state index contributed by atoms with van der Waals surface area (Å²) in [5.74, 6) is -0.158. The van der Waals surface area contributed by atoms with Crippen LogP contribution in [0.2, 0.25) is 5.02 Å². The summed E-state index contributed by atoms with van der Waals surface area (Å²) in [6.45, 7) is 1.45. The fourth-order valence-corrected chi connectivity index (χ4v) is 2.41. The first kappa shape index (κ1) is 13.7. The van der Waals surface area contributed by atoms with Crippen LogP contribution in [0.15, 0.2) is 23.1 Å². The topological polar surface area (TPSA) is 38.3 Å². The minimum Gasteiger partial charge on any atom is -0.378 e. The predicted molar refractivity (Wildman–Crippen MR) is 74.6 cm³/mol. The molecule has 3 nitrogen and oxygen atoms in total. The molecule has 1 atom stereocenters. The minimum atomic E-state index is -0.158. The van der Waals surface area contributed by atoms with Crippen molar-refractivity contribution < 1.29 is 9.53 Å². The molecule has 1 heterocycles. The van der Waals surface area contributed by atoms with Gasteiger partial charge in [0.1, 0.15) is 0 Å². The van der Waals surface area contributed by atoms with Crippen LogP contribution < -0.4 is 5.32 Å². The second kappa shape index (κ2) is 6.45. The summed E-state index contributed by atoms with van der Waals surface area (Å²) in [6, 6.07) is 5.11. The molecule has 0 radical (unpaired) electrons. The van der Waals surface area contributed by atoms with E-state index in [1.54, 1.807) is 18.2 Å². The Morgan fingerprint density at radius 3 is 3.11 bits per heavy atom. The highest BCUT2D eigenvalue weighted by Gasteiger charge is 2.16. The van der Waals surface area contributed by atoms with Gasteiger partial charge in [0.15, 0.2) is 0 Å². The Balaban J connectivity index is 1.85. The Hall–Kier alpha value is -0.710. The number of benzene rings is 1. The molecule has 98 valence electrons. The summed E-state index contributed by atoms with van der Waals surface area (Å²) < 4.78 is 5.49. The molecule has 1 fully saturated rings. The molecule has 0 aromatic heterocycles. The van der Waals surface area contributed by atoms with Crippen LogP contribution in [0, 0.1) is 0 Å². The fourth-order valence-electron chi connectivity index (χ4n) is 2.00. The Labute approximate surface area is 117 Å². The van der Waals surface area contributed by atoms with Gasteiger partial charge in [-0.05, 0) is 37.5 Å². The maximum Gasteiger partial charge on any atom is 0.252 e. The second-order valence-electron chi connectivity index (χ2n) is 4.34. The Bertz CT molecular complexity index is 433. The van der Waals surface area contributed by atoms with Gasteiger partial charge in [0, 0.05) is 18.0 Å². The first-order valence-corrected chi connectivity index (χ1v) is 6.87. The lowest BCUT2D eigenvalue weighted by Gasteiger charge is -2.11. The zero-order valence-electron chi connectivity index (χ0n) is 9.99. The fraction of sp³-hybridized carbons (Fsp3) is 0.462. The van der Waals surface area contributed by atoms with Gasteiger partial charge in [-0.2, -0.15) is 0 Å². The van der Waals surface area contributed by atoms with Crippen LogP contribution in [-0.2, 0) is 4.74 Å². The summed E-state index contributed by atoms with van der Waals surface area (Å²) >= 11 is 10.2. The van der Waals surface area contributed by atoms with Crippen LogP contribution in [0.3, 0.4) is 0 Å². The molecular weight excluding hydrogens is 270 g/mol. The molecule has 1 aliphatic rings. The first-order chi connectivity index (χ1) is 8.66. The van der Waals surface area contributed by atoms with Crippen molar-refractivity contribution in [2.45, 2.75) is 30.3 Å². The van der Waals surface area contributed by atoms with Crippen molar-refractivity contribution in [3.05, 3.63) is 28.8 Å². The van der Waals surface area contributed by atoms with E-state index in [9.17, 15) is 4.79 Å². The van der Waals surface area contributed by atoms with Crippen LogP contribution in [0.4, 0.5) is 0 Å². The molecule has 1 unspecified atom stereocenters. The number of ether oxygens (including phenoxy) is 1. The van der Waals surface area contributed by atoms with Gasteiger partial charge in [0.2, 0.25) is 0 Å². The van der Waals surface area contributed by atoms with Crippen molar-refractivity contribution in [1.82, 2.24) is 5.32 Å². The van der Waals surface area contributed by atoms with E-state index in [4.69, 9.17) is 16.3 Å². The van der Waals surface area contributed by atoms with E-state index in [-0.39, 0.29) is 12.0 Å². The van der Waals surface area contributed by atoms with Gasteiger partial charge in [-0.3, -0.25) is 4.79 Å². The lowest BCUT2D eigenvalue weighted by molar-refractivity contribution is 0.0907.